The number of sulfonamides is 1. The molecule has 1 heterocycles. The maximum Gasteiger partial charge on any atom is 0.243 e. The molecule has 2 aromatic carbocycles. The molecule has 8 nitrogen and oxygen atoms in total. The molecule has 2 aromatic rings. The molecule has 1 N–H and O–H groups in total. The number of rotatable bonds is 10. The van der Waals surface area contributed by atoms with Crippen LogP contribution in [0, 0.1) is 5.92 Å². The van der Waals surface area contributed by atoms with Crippen LogP contribution in [-0.2, 0) is 21.4 Å². The third-order valence-corrected chi connectivity index (χ3v) is 7.59. The molecule has 1 amide bonds. The Morgan fingerprint density at radius 1 is 1.03 bits per heavy atom. The highest BCUT2D eigenvalue weighted by Crippen LogP contribution is 2.29. The topological polar surface area (TPSA) is 94.2 Å². The lowest BCUT2D eigenvalue weighted by Crippen LogP contribution is -2.42. The number of nitrogens with zero attached hydrogens (tertiary/aromatic N) is 1. The molecule has 1 saturated heterocycles. The molecule has 0 unspecified atom stereocenters. The summed E-state index contributed by atoms with van der Waals surface area (Å²) in [7, 11) is -0.468. The predicted molar refractivity (Wildman–Crippen MR) is 125 cm³/mol. The summed E-state index contributed by atoms with van der Waals surface area (Å²) in [5.41, 5.74) is 0.906. The van der Waals surface area contributed by atoms with Crippen LogP contribution in [0.15, 0.2) is 47.4 Å². The second-order valence-corrected chi connectivity index (χ2v) is 9.84. The van der Waals surface area contributed by atoms with Crippen LogP contribution in [0.25, 0.3) is 0 Å². The van der Waals surface area contributed by atoms with E-state index in [0.29, 0.717) is 56.3 Å². The van der Waals surface area contributed by atoms with E-state index in [9.17, 15) is 13.2 Å². The molecule has 0 saturated carbocycles. The fourth-order valence-corrected chi connectivity index (χ4v) is 5.21. The van der Waals surface area contributed by atoms with Crippen molar-refractivity contribution < 1.29 is 27.4 Å². The van der Waals surface area contributed by atoms with Crippen molar-refractivity contribution in [3.63, 3.8) is 0 Å². The first-order chi connectivity index (χ1) is 15.9. The first kappa shape index (κ1) is 24.9. The third kappa shape index (κ3) is 6.17. The molecule has 180 valence electrons. The van der Waals surface area contributed by atoms with Crippen molar-refractivity contribution in [3.8, 4) is 17.2 Å². The first-order valence-corrected chi connectivity index (χ1v) is 12.5. The van der Waals surface area contributed by atoms with Gasteiger partial charge in [0, 0.05) is 25.6 Å². The minimum absolute atomic E-state index is 0.0678. The molecule has 0 atom stereocenters. The standard InChI is InChI=1S/C24H32N2O6S/c1-4-15-32-22-10-5-18(16-23(22)31-3)17-25-24(27)19-11-13-26(14-12-19)33(28,29)21-8-6-20(30-2)7-9-21/h5-10,16,19H,4,11-15,17H2,1-3H3,(H,25,27). The lowest BCUT2D eigenvalue weighted by atomic mass is 9.97. The predicted octanol–water partition coefficient (Wildman–Crippen LogP) is 3.21. The zero-order valence-electron chi connectivity index (χ0n) is 19.4. The van der Waals surface area contributed by atoms with E-state index < -0.39 is 10.0 Å². The van der Waals surface area contributed by atoms with Gasteiger partial charge in [-0.05, 0) is 61.2 Å². The number of ether oxygens (including phenoxy) is 3. The number of piperidine rings is 1. The summed E-state index contributed by atoms with van der Waals surface area (Å²) in [5, 5.41) is 2.96. The summed E-state index contributed by atoms with van der Waals surface area (Å²) in [5.74, 6) is 1.63. The monoisotopic (exact) mass is 476 g/mol. The Kier molecular flexibility index (Phi) is 8.57. The second-order valence-electron chi connectivity index (χ2n) is 7.91. The quantitative estimate of drug-likeness (QED) is 0.566. The summed E-state index contributed by atoms with van der Waals surface area (Å²) in [6, 6.07) is 11.9. The number of methoxy groups -OCH3 is 2. The van der Waals surface area contributed by atoms with Crippen LogP contribution in [0.1, 0.15) is 31.7 Å². The molecule has 0 spiro atoms. The fourth-order valence-electron chi connectivity index (χ4n) is 3.74. The second kappa shape index (κ2) is 11.4. The number of carbonyl (C=O) groups is 1. The highest BCUT2D eigenvalue weighted by Gasteiger charge is 2.32. The highest BCUT2D eigenvalue weighted by molar-refractivity contribution is 7.89. The number of hydrogen-bond acceptors (Lipinski definition) is 6. The normalized spacial score (nSPS) is 15.1. The van der Waals surface area contributed by atoms with Gasteiger partial charge in [0.05, 0.1) is 25.7 Å². The Balaban J connectivity index is 1.53. The summed E-state index contributed by atoms with van der Waals surface area (Å²) in [6.07, 6.45) is 1.86. The van der Waals surface area contributed by atoms with Crippen LogP contribution in [0.2, 0.25) is 0 Å². The Morgan fingerprint density at radius 3 is 2.33 bits per heavy atom. The van der Waals surface area contributed by atoms with Crippen LogP contribution in [-0.4, -0.2) is 52.5 Å². The molecule has 0 aromatic heterocycles. The van der Waals surface area contributed by atoms with Crippen molar-refractivity contribution in [2.75, 3.05) is 33.9 Å². The van der Waals surface area contributed by atoms with Gasteiger partial charge in [-0.25, -0.2) is 8.42 Å². The number of carbonyl (C=O) groups excluding carboxylic acids is 1. The number of hydrogen-bond donors (Lipinski definition) is 1. The van der Waals surface area contributed by atoms with E-state index >= 15 is 0 Å². The Bertz CT molecular complexity index is 1030. The zero-order chi connectivity index (χ0) is 23.8. The Labute approximate surface area is 195 Å². The first-order valence-electron chi connectivity index (χ1n) is 11.1. The average molecular weight is 477 g/mol. The van der Waals surface area contributed by atoms with Gasteiger partial charge in [-0.2, -0.15) is 4.31 Å². The lowest BCUT2D eigenvalue weighted by Gasteiger charge is -2.30. The summed E-state index contributed by atoms with van der Waals surface area (Å²) < 4.78 is 43.4. The maximum atomic E-state index is 12.9. The van der Waals surface area contributed by atoms with Crippen LogP contribution < -0.4 is 19.5 Å². The van der Waals surface area contributed by atoms with Gasteiger partial charge in [0.15, 0.2) is 11.5 Å². The van der Waals surface area contributed by atoms with Gasteiger partial charge in [-0.1, -0.05) is 13.0 Å². The van der Waals surface area contributed by atoms with Crippen LogP contribution in [0.5, 0.6) is 17.2 Å². The van der Waals surface area contributed by atoms with E-state index in [1.165, 1.54) is 11.4 Å². The molecule has 0 bridgehead atoms. The number of amides is 1. The third-order valence-electron chi connectivity index (χ3n) is 5.68. The van der Waals surface area contributed by atoms with E-state index in [4.69, 9.17) is 14.2 Å². The molecule has 1 aliphatic rings. The SMILES string of the molecule is CCCOc1ccc(CNC(=O)C2CCN(S(=O)(=O)c3ccc(OC)cc3)CC2)cc1OC. The Morgan fingerprint density at radius 2 is 1.73 bits per heavy atom. The zero-order valence-corrected chi connectivity index (χ0v) is 20.2. The van der Waals surface area contributed by atoms with Crippen LogP contribution >= 0.6 is 0 Å². The van der Waals surface area contributed by atoms with Crippen LogP contribution in [0.4, 0.5) is 0 Å². The summed E-state index contributed by atoms with van der Waals surface area (Å²) >= 11 is 0. The summed E-state index contributed by atoms with van der Waals surface area (Å²) in [4.78, 5) is 12.9. The molecular formula is C24H32N2O6S. The Hall–Kier alpha value is -2.78. The van der Waals surface area contributed by atoms with E-state index in [-0.39, 0.29) is 16.7 Å². The van der Waals surface area contributed by atoms with E-state index in [1.807, 2.05) is 25.1 Å². The van der Waals surface area contributed by atoms with Gasteiger partial charge in [-0.15, -0.1) is 0 Å². The minimum atomic E-state index is -3.59. The smallest absolute Gasteiger partial charge is 0.243 e. The van der Waals surface area contributed by atoms with Gasteiger partial charge in [0.2, 0.25) is 15.9 Å². The molecule has 3 rings (SSSR count). The average Bonchev–Trinajstić information content (AvgIpc) is 2.86. The van der Waals surface area contributed by atoms with E-state index in [1.54, 1.807) is 31.4 Å². The van der Waals surface area contributed by atoms with Gasteiger partial charge in [0.25, 0.3) is 0 Å². The number of nitrogens with one attached hydrogen (secondary N) is 1. The molecule has 33 heavy (non-hydrogen) atoms. The van der Waals surface area contributed by atoms with Crippen molar-refractivity contribution in [1.29, 1.82) is 0 Å². The van der Waals surface area contributed by atoms with Crippen LogP contribution in [0.3, 0.4) is 0 Å². The van der Waals surface area contributed by atoms with E-state index in [2.05, 4.69) is 5.32 Å². The van der Waals surface area contributed by atoms with Crippen molar-refractivity contribution >= 4 is 15.9 Å². The fraction of sp³-hybridized carbons (Fsp3) is 0.458. The lowest BCUT2D eigenvalue weighted by molar-refractivity contribution is -0.126. The van der Waals surface area contributed by atoms with Gasteiger partial charge in [-0.3, -0.25) is 4.79 Å². The molecule has 0 aliphatic carbocycles. The van der Waals surface area contributed by atoms with Crippen molar-refractivity contribution in [2.45, 2.75) is 37.6 Å². The van der Waals surface area contributed by atoms with Crippen molar-refractivity contribution in [2.24, 2.45) is 5.92 Å². The van der Waals surface area contributed by atoms with Crippen molar-refractivity contribution in [1.82, 2.24) is 9.62 Å². The molecule has 1 fully saturated rings. The molecule has 0 radical (unpaired) electrons. The largest absolute Gasteiger partial charge is 0.497 e. The summed E-state index contributed by atoms with van der Waals surface area (Å²) in [6.45, 7) is 3.63. The van der Waals surface area contributed by atoms with E-state index in [0.717, 1.165) is 12.0 Å². The van der Waals surface area contributed by atoms with Crippen molar-refractivity contribution in [3.05, 3.63) is 48.0 Å². The molecular weight excluding hydrogens is 444 g/mol. The highest BCUT2D eigenvalue weighted by atomic mass is 32.2. The molecule has 1 aliphatic heterocycles. The van der Waals surface area contributed by atoms with Gasteiger partial charge < -0.3 is 19.5 Å². The minimum Gasteiger partial charge on any atom is -0.497 e. The van der Waals surface area contributed by atoms with Gasteiger partial charge in [0.1, 0.15) is 5.75 Å². The number of benzene rings is 2. The molecule has 9 heteroatoms. The van der Waals surface area contributed by atoms with Gasteiger partial charge >= 0.3 is 0 Å². The maximum absolute atomic E-state index is 12.9.